The van der Waals surface area contributed by atoms with Gasteiger partial charge in [-0.15, -0.1) is 11.3 Å². The number of benzene rings is 2. The van der Waals surface area contributed by atoms with Crippen LogP contribution in [0.2, 0.25) is 0 Å². The van der Waals surface area contributed by atoms with Gasteiger partial charge in [0, 0.05) is 50.4 Å². The summed E-state index contributed by atoms with van der Waals surface area (Å²) in [5.41, 5.74) is 2.69. The second-order valence-electron chi connectivity index (χ2n) is 12.4. The van der Waals surface area contributed by atoms with Crippen LogP contribution in [0.15, 0.2) is 79.1 Å². The van der Waals surface area contributed by atoms with Crippen molar-refractivity contribution in [3.05, 3.63) is 102 Å². The second-order valence-corrected chi connectivity index (χ2v) is 13.9. The summed E-state index contributed by atoms with van der Waals surface area (Å²) in [7, 11) is 1.59. The van der Waals surface area contributed by atoms with Crippen molar-refractivity contribution >= 4 is 56.6 Å². The van der Waals surface area contributed by atoms with E-state index in [2.05, 4.69) is 20.6 Å². The topological polar surface area (TPSA) is 115 Å². The maximum atomic E-state index is 15.2. The Morgan fingerprint density at radius 1 is 0.941 bits per heavy atom. The van der Waals surface area contributed by atoms with Gasteiger partial charge in [0.15, 0.2) is 16.7 Å². The highest BCUT2D eigenvalue weighted by molar-refractivity contribution is 7.80. The van der Waals surface area contributed by atoms with Gasteiger partial charge in [0.2, 0.25) is 5.91 Å². The number of methoxy groups -OCH3 is 1. The first-order chi connectivity index (χ1) is 24.4. The van der Waals surface area contributed by atoms with E-state index in [0.29, 0.717) is 48.6 Å². The smallest absolute Gasteiger partial charge is 0.410 e. The van der Waals surface area contributed by atoms with E-state index in [-0.39, 0.29) is 17.3 Å². The van der Waals surface area contributed by atoms with Gasteiger partial charge in [-0.3, -0.25) is 14.8 Å². The number of nitrogens with one attached hydrogen (secondary N) is 2. The van der Waals surface area contributed by atoms with Crippen molar-refractivity contribution in [2.75, 3.05) is 32.1 Å². The molecule has 14 heteroatoms. The average molecular weight is 734 g/mol. The predicted molar refractivity (Wildman–Crippen MR) is 197 cm³/mol. The van der Waals surface area contributed by atoms with E-state index in [9.17, 15) is 14.0 Å². The van der Waals surface area contributed by atoms with Crippen LogP contribution in [0, 0.1) is 11.6 Å². The molecule has 0 atom stereocenters. The van der Waals surface area contributed by atoms with Gasteiger partial charge in [-0.2, -0.15) is 0 Å². The van der Waals surface area contributed by atoms with Crippen molar-refractivity contribution in [1.29, 1.82) is 0 Å². The molecule has 0 aliphatic rings. The molecule has 2 amide bonds. The lowest BCUT2D eigenvalue weighted by Gasteiger charge is -2.27. The average Bonchev–Trinajstić information content (AvgIpc) is 3.52. The number of halogens is 2. The van der Waals surface area contributed by atoms with Crippen molar-refractivity contribution in [1.82, 2.24) is 20.2 Å². The third-order valence-electron chi connectivity index (χ3n) is 7.28. The third kappa shape index (κ3) is 10.7. The van der Waals surface area contributed by atoms with Crippen molar-refractivity contribution in [3.63, 3.8) is 0 Å². The van der Waals surface area contributed by atoms with Crippen LogP contribution in [0.5, 0.6) is 11.5 Å². The van der Waals surface area contributed by atoms with E-state index >= 15 is 4.39 Å². The Bertz CT molecular complexity index is 2000. The standard InChI is InChI=1S/C37H37F2N5O5S2/c1-37(2,3)49-36(46)44(17-18-47-4)16-14-24-7-11-28(41-22-24)32-21-29-34(51-32)31(13-15-40-29)48-30-12-10-26(20-27(30)39)42-35(50)43-33(45)19-23-5-8-25(38)9-6-23/h5-13,15,20-22H,14,16-19H2,1-4H3,(H2,42,43,45,50). The van der Waals surface area contributed by atoms with Crippen LogP contribution in [0.4, 0.5) is 19.3 Å². The van der Waals surface area contributed by atoms with Crippen LogP contribution in [0.25, 0.3) is 20.8 Å². The maximum Gasteiger partial charge on any atom is 0.410 e. The molecule has 2 N–H and O–H groups in total. The molecule has 5 rings (SSSR count). The number of hydrogen-bond acceptors (Lipinski definition) is 9. The first-order valence-corrected chi connectivity index (χ1v) is 17.2. The number of nitrogens with zero attached hydrogens (tertiary/aromatic N) is 3. The van der Waals surface area contributed by atoms with E-state index in [4.69, 9.17) is 26.4 Å². The number of pyridine rings is 2. The minimum Gasteiger partial charge on any atom is -0.453 e. The molecule has 51 heavy (non-hydrogen) atoms. The van der Waals surface area contributed by atoms with Crippen LogP contribution >= 0.6 is 23.6 Å². The zero-order valence-corrected chi connectivity index (χ0v) is 30.1. The highest BCUT2D eigenvalue weighted by Crippen LogP contribution is 2.39. The molecule has 0 saturated heterocycles. The predicted octanol–water partition coefficient (Wildman–Crippen LogP) is 7.91. The molecule has 3 aromatic heterocycles. The van der Waals surface area contributed by atoms with Crippen molar-refractivity contribution in [3.8, 4) is 22.1 Å². The highest BCUT2D eigenvalue weighted by atomic mass is 32.1. The molecule has 0 bridgehead atoms. The number of carbonyl (C=O) groups excluding carboxylic acids is 2. The van der Waals surface area contributed by atoms with Gasteiger partial charge in [0.1, 0.15) is 17.2 Å². The van der Waals surface area contributed by atoms with Crippen LogP contribution in [0.3, 0.4) is 0 Å². The molecule has 3 heterocycles. The molecule has 0 aliphatic heterocycles. The van der Waals surface area contributed by atoms with E-state index in [0.717, 1.165) is 20.8 Å². The van der Waals surface area contributed by atoms with E-state index in [1.165, 1.54) is 47.7 Å². The van der Waals surface area contributed by atoms with Crippen molar-refractivity contribution in [2.45, 2.75) is 39.2 Å². The lowest BCUT2D eigenvalue weighted by atomic mass is 10.1. The Balaban J connectivity index is 1.20. The summed E-state index contributed by atoms with van der Waals surface area (Å²) in [4.78, 5) is 36.6. The van der Waals surface area contributed by atoms with Gasteiger partial charge in [0.25, 0.3) is 0 Å². The molecule has 2 aromatic carbocycles. The third-order valence-corrected chi connectivity index (χ3v) is 8.65. The molecule has 0 radical (unpaired) electrons. The highest BCUT2D eigenvalue weighted by Gasteiger charge is 2.22. The first-order valence-electron chi connectivity index (χ1n) is 16.0. The molecule has 266 valence electrons. The minimum absolute atomic E-state index is 0.00137. The fourth-order valence-corrected chi connectivity index (χ4v) is 6.10. The summed E-state index contributed by atoms with van der Waals surface area (Å²) < 4.78 is 45.7. The Morgan fingerprint density at radius 2 is 1.71 bits per heavy atom. The van der Waals surface area contributed by atoms with Crippen molar-refractivity contribution < 1.29 is 32.6 Å². The fourth-order valence-electron chi connectivity index (χ4n) is 4.83. The normalized spacial score (nSPS) is 11.3. The van der Waals surface area contributed by atoms with Gasteiger partial charge in [-0.25, -0.2) is 13.6 Å². The van der Waals surface area contributed by atoms with Gasteiger partial charge < -0.3 is 29.7 Å². The number of thiocarbonyl (C=S) groups is 1. The maximum absolute atomic E-state index is 15.2. The number of thiophene rings is 1. The summed E-state index contributed by atoms with van der Waals surface area (Å²) in [5.74, 6) is -1.03. The quantitative estimate of drug-likeness (QED) is 0.124. The molecule has 5 aromatic rings. The van der Waals surface area contributed by atoms with Gasteiger partial charge in [0.05, 0.1) is 33.8 Å². The van der Waals surface area contributed by atoms with Crippen LogP contribution < -0.4 is 15.4 Å². The van der Waals surface area contributed by atoms with E-state index in [1.807, 2.05) is 39.0 Å². The van der Waals surface area contributed by atoms with Gasteiger partial charge >= 0.3 is 6.09 Å². The first kappa shape index (κ1) is 37.2. The fraction of sp³-hybridized carbons (Fsp3) is 0.270. The van der Waals surface area contributed by atoms with Crippen LogP contribution in [-0.4, -0.2) is 64.4 Å². The molecular formula is C37H37F2N5O5S2. The summed E-state index contributed by atoms with van der Waals surface area (Å²) >= 11 is 6.62. The largest absolute Gasteiger partial charge is 0.453 e. The van der Waals surface area contributed by atoms with Gasteiger partial charge in [-0.1, -0.05) is 18.2 Å². The second kappa shape index (κ2) is 16.8. The molecule has 0 aliphatic carbocycles. The van der Waals surface area contributed by atoms with Crippen LogP contribution in [0.1, 0.15) is 31.9 Å². The zero-order chi connectivity index (χ0) is 36.5. The molecule has 0 unspecified atom stereocenters. The number of rotatable bonds is 12. The van der Waals surface area contributed by atoms with Crippen molar-refractivity contribution in [2.24, 2.45) is 0 Å². The number of anilines is 1. The Hall–Kier alpha value is -5.05. The molecule has 0 fully saturated rings. The molecule has 0 spiro atoms. The van der Waals surface area contributed by atoms with Gasteiger partial charge in [-0.05, 0) is 86.9 Å². The number of amides is 2. The van der Waals surface area contributed by atoms with E-state index in [1.54, 1.807) is 36.5 Å². The zero-order valence-electron chi connectivity index (χ0n) is 28.5. The van der Waals surface area contributed by atoms with Crippen LogP contribution in [-0.2, 0) is 27.1 Å². The number of fused-ring (bicyclic) bond motifs is 1. The number of carbonyl (C=O) groups is 2. The molecule has 0 saturated carbocycles. The SMILES string of the molecule is COCCN(CCc1ccc(-c2cc3nccc(Oc4ccc(NC(=S)NC(=O)Cc5ccc(F)cc5)cc4F)c3s2)nc1)C(=O)OC(C)(C)C. The lowest BCUT2D eigenvalue weighted by molar-refractivity contribution is -0.119. The molecular weight excluding hydrogens is 697 g/mol. The minimum atomic E-state index is -0.646. The lowest BCUT2D eigenvalue weighted by Crippen LogP contribution is -2.39. The number of ether oxygens (including phenoxy) is 3. The molecule has 10 nitrogen and oxygen atoms in total. The summed E-state index contributed by atoms with van der Waals surface area (Å²) in [6, 6.07) is 17.3. The number of hydrogen-bond donors (Lipinski definition) is 2. The summed E-state index contributed by atoms with van der Waals surface area (Å²) in [6.45, 7) is 6.75. The summed E-state index contributed by atoms with van der Waals surface area (Å²) in [6.07, 6.45) is 3.56. The number of aromatic nitrogens is 2. The van der Waals surface area contributed by atoms with E-state index < -0.39 is 29.2 Å². The Morgan fingerprint density at radius 3 is 2.39 bits per heavy atom. The monoisotopic (exact) mass is 733 g/mol. The Labute approximate surface area is 303 Å². The summed E-state index contributed by atoms with van der Waals surface area (Å²) in [5, 5.41) is 5.31. The Kier molecular flexibility index (Phi) is 12.2.